The Morgan fingerprint density at radius 2 is 0.730 bits per heavy atom. The Morgan fingerprint density at radius 1 is 0.432 bits per heavy atom. The van der Waals surface area contributed by atoms with Crippen molar-refractivity contribution >= 4 is 11.9 Å². The Labute approximate surface area is 223 Å². The summed E-state index contributed by atoms with van der Waals surface area (Å²) in [6.45, 7) is 0. The zero-order chi connectivity index (χ0) is 26.1. The number of carbonyl (C=O) groups is 2. The first-order valence-electron chi connectivity index (χ1n) is 10.1. The van der Waals surface area contributed by atoms with Crippen molar-refractivity contribution in [2.45, 2.75) is 0 Å². The molecule has 0 aromatic carbocycles. The van der Waals surface area contributed by atoms with E-state index in [4.69, 9.17) is 0 Å². The van der Waals surface area contributed by atoms with E-state index in [0.29, 0.717) is 0 Å². The molecule has 0 atom stereocenters. The molecule has 0 amide bonds. The number of hydrogen-bond acceptors (Lipinski definition) is 11. The Morgan fingerprint density at radius 3 is 0.838 bits per heavy atom. The quantitative estimate of drug-likeness (QED) is 0.292. The molecule has 188 valence electrons. The molecule has 11 nitrogen and oxygen atoms in total. The van der Waals surface area contributed by atoms with Crippen LogP contribution in [0.2, 0.25) is 0 Å². The molecule has 0 saturated carbocycles. The summed E-state index contributed by atoms with van der Waals surface area (Å²) in [5.41, 5.74) is -0.282. The largest absolute Gasteiger partial charge is 2.00 e. The van der Waals surface area contributed by atoms with Gasteiger partial charge in [0.25, 0.3) is 0 Å². The second-order valence-electron chi connectivity index (χ2n) is 5.83. The number of pyridine rings is 3. The summed E-state index contributed by atoms with van der Waals surface area (Å²) in [5, 5.41) is 20.0. The van der Waals surface area contributed by atoms with Gasteiger partial charge in [0.1, 0.15) is 11.4 Å². The van der Waals surface area contributed by atoms with Gasteiger partial charge in [-0.1, -0.05) is 18.2 Å². The molecule has 5 aromatic heterocycles. The molecular formula is C25H21FeN7O4. The van der Waals surface area contributed by atoms with Gasteiger partial charge >= 0.3 is 17.1 Å². The van der Waals surface area contributed by atoms with Crippen LogP contribution in [0.3, 0.4) is 0 Å². The van der Waals surface area contributed by atoms with Gasteiger partial charge in [-0.15, -0.1) is 0 Å². The summed E-state index contributed by atoms with van der Waals surface area (Å²) in [7, 11) is 0. The van der Waals surface area contributed by atoms with Crippen molar-refractivity contribution in [1.82, 2.24) is 34.9 Å². The van der Waals surface area contributed by atoms with E-state index in [1.54, 1.807) is 37.2 Å². The molecule has 0 aliphatic carbocycles. The summed E-state index contributed by atoms with van der Waals surface area (Å²) < 4.78 is 0. The number of nitrogens with zero attached hydrogens (tertiary/aromatic N) is 7. The minimum absolute atomic E-state index is 0. The third-order valence-electron chi connectivity index (χ3n) is 3.24. The second kappa shape index (κ2) is 22.8. The SMILES string of the molecule is O=C([O-])c1cnccn1.O=C([O-])c1cnccn1.[Fe+2].c1ccncc1.c1ccncc1.c1ccncc1. The predicted octanol–water partition coefficient (Wildman–Crippen LogP) is 0.923. The van der Waals surface area contributed by atoms with Crippen molar-refractivity contribution in [2.24, 2.45) is 0 Å². The molecule has 0 N–H and O–H groups in total. The van der Waals surface area contributed by atoms with Crippen molar-refractivity contribution < 1.29 is 36.9 Å². The third kappa shape index (κ3) is 19.1. The van der Waals surface area contributed by atoms with Gasteiger partial charge in [0.15, 0.2) is 0 Å². The molecule has 12 heteroatoms. The Balaban J connectivity index is 0.000000440. The van der Waals surface area contributed by atoms with Crippen LogP contribution < -0.4 is 10.2 Å². The van der Waals surface area contributed by atoms with Gasteiger partial charge < -0.3 is 19.8 Å². The average molecular weight is 539 g/mol. The van der Waals surface area contributed by atoms with Gasteiger partial charge in [-0.3, -0.25) is 34.9 Å². The average Bonchev–Trinajstić information content (AvgIpc) is 2.98. The molecule has 0 saturated heterocycles. The molecule has 0 bridgehead atoms. The van der Waals surface area contributed by atoms with Gasteiger partial charge in [0, 0.05) is 62.0 Å². The topological polar surface area (TPSA) is 170 Å². The Hall–Kier alpha value is -4.93. The van der Waals surface area contributed by atoms with Crippen LogP contribution >= 0.6 is 0 Å². The second-order valence-corrected chi connectivity index (χ2v) is 5.83. The zero-order valence-corrected chi connectivity index (χ0v) is 20.3. The van der Waals surface area contributed by atoms with Crippen LogP contribution in [0.1, 0.15) is 21.0 Å². The molecule has 5 heterocycles. The molecule has 5 aromatic rings. The number of aromatic nitrogens is 7. The van der Waals surface area contributed by atoms with E-state index in [2.05, 4.69) is 34.9 Å². The van der Waals surface area contributed by atoms with Gasteiger partial charge in [-0.25, -0.2) is 0 Å². The van der Waals surface area contributed by atoms with Crippen molar-refractivity contribution in [3.05, 3.63) is 140 Å². The van der Waals surface area contributed by atoms with Gasteiger partial charge in [0.2, 0.25) is 0 Å². The number of hydrogen-bond donors (Lipinski definition) is 0. The number of rotatable bonds is 2. The Bertz CT molecular complexity index is 976. The van der Waals surface area contributed by atoms with Crippen LogP contribution in [0.25, 0.3) is 0 Å². The molecule has 5 rings (SSSR count). The van der Waals surface area contributed by atoms with Gasteiger partial charge in [-0.05, 0) is 36.4 Å². The molecule has 0 aliphatic heterocycles. The van der Waals surface area contributed by atoms with Crippen molar-refractivity contribution in [1.29, 1.82) is 0 Å². The van der Waals surface area contributed by atoms with E-state index in [0.717, 1.165) is 12.4 Å². The van der Waals surface area contributed by atoms with Crippen molar-refractivity contribution in [3.8, 4) is 0 Å². The number of carboxylic acid groups (broad SMARTS) is 2. The van der Waals surface area contributed by atoms with Gasteiger partial charge in [-0.2, -0.15) is 0 Å². The molecule has 0 unspecified atom stereocenters. The summed E-state index contributed by atoms with van der Waals surface area (Å²) in [5.74, 6) is -2.61. The maximum absolute atomic E-state index is 9.99. The molecule has 0 fully saturated rings. The van der Waals surface area contributed by atoms with Crippen LogP contribution in [0.4, 0.5) is 0 Å². The third-order valence-corrected chi connectivity index (χ3v) is 3.24. The molecule has 0 spiro atoms. The fourth-order valence-electron chi connectivity index (χ4n) is 1.75. The van der Waals surface area contributed by atoms with Gasteiger partial charge in [0.05, 0.1) is 24.3 Å². The smallest absolute Gasteiger partial charge is 0.543 e. The fraction of sp³-hybridized carbons (Fsp3) is 0. The first-order valence-corrected chi connectivity index (χ1v) is 10.1. The summed E-state index contributed by atoms with van der Waals surface area (Å²) in [6.07, 6.45) is 18.2. The summed E-state index contributed by atoms with van der Waals surface area (Å²) in [4.78, 5) is 45.3. The maximum atomic E-state index is 9.99. The zero-order valence-electron chi connectivity index (χ0n) is 19.2. The van der Waals surface area contributed by atoms with E-state index in [1.165, 1.54) is 24.8 Å². The molecular weight excluding hydrogens is 518 g/mol. The van der Waals surface area contributed by atoms with Crippen LogP contribution in [0.5, 0.6) is 0 Å². The number of carbonyl (C=O) groups excluding carboxylic acids is 2. The van der Waals surface area contributed by atoms with E-state index >= 15 is 0 Å². The van der Waals surface area contributed by atoms with E-state index < -0.39 is 11.9 Å². The van der Waals surface area contributed by atoms with Crippen LogP contribution in [0.15, 0.2) is 129 Å². The van der Waals surface area contributed by atoms with Crippen LogP contribution in [-0.2, 0) is 17.1 Å². The minimum atomic E-state index is -1.30. The first-order chi connectivity index (χ1) is 17.6. The normalized spacial score (nSPS) is 8.22. The predicted molar refractivity (Wildman–Crippen MR) is 125 cm³/mol. The summed E-state index contributed by atoms with van der Waals surface area (Å²) in [6, 6.07) is 17.1. The molecule has 0 radical (unpaired) electrons. The standard InChI is InChI=1S/2C5H4N2O2.3C5H5N.Fe/c2*8-5(9)4-3-6-1-2-7-4;3*1-2-4-6-5-3-1;/h2*1-3H,(H,8,9);3*1-5H;/q;;;;;+2/p-2. The molecule has 0 aliphatic rings. The van der Waals surface area contributed by atoms with Crippen LogP contribution in [0, 0.1) is 0 Å². The van der Waals surface area contributed by atoms with Crippen LogP contribution in [-0.4, -0.2) is 46.8 Å². The first kappa shape index (κ1) is 32.1. The summed E-state index contributed by atoms with van der Waals surface area (Å²) >= 11 is 0. The Kier molecular flexibility index (Phi) is 19.8. The van der Waals surface area contributed by atoms with E-state index in [-0.39, 0.29) is 28.5 Å². The van der Waals surface area contributed by atoms with Crippen molar-refractivity contribution in [2.75, 3.05) is 0 Å². The van der Waals surface area contributed by atoms with E-state index in [1.807, 2.05) is 54.6 Å². The maximum Gasteiger partial charge on any atom is 2.00 e. The minimum Gasteiger partial charge on any atom is -0.543 e. The number of aromatic carboxylic acids is 2. The molecule has 37 heavy (non-hydrogen) atoms. The van der Waals surface area contributed by atoms with Crippen molar-refractivity contribution in [3.63, 3.8) is 0 Å². The van der Waals surface area contributed by atoms with E-state index in [9.17, 15) is 19.8 Å². The fourth-order valence-corrected chi connectivity index (χ4v) is 1.75. The number of carboxylic acids is 2. The monoisotopic (exact) mass is 539 g/mol.